The van der Waals surface area contributed by atoms with Crippen molar-refractivity contribution in [3.8, 4) is 0 Å². The van der Waals surface area contributed by atoms with Gasteiger partial charge in [0.1, 0.15) is 0 Å². The topological polar surface area (TPSA) is 102 Å². The van der Waals surface area contributed by atoms with Crippen LogP contribution in [0.1, 0.15) is 17.6 Å². The van der Waals surface area contributed by atoms with E-state index in [1.807, 2.05) is 18.2 Å². The van der Waals surface area contributed by atoms with E-state index >= 15 is 0 Å². The monoisotopic (exact) mass is 486 g/mol. The van der Waals surface area contributed by atoms with Crippen molar-refractivity contribution in [2.24, 2.45) is 7.05 Å². The van der Waals surface area contributed by atoms with Crippen molar-refractivity contribution in [3.05, 3.63) is 61.2 Å². The van der Waals surface area contributed by atoms with Crippen molar-refractivity contribution in [1.29, 1.82) is 0 Å². The summed E-state index contributed by atoms with van der Waals surface area (Å²) in [6.45, 7) is 1.61. The van der Waals surface area contributed by atoms with Gasteiger partial charge in [0.25, 0.3) is 11.5 Å². The van der Waals surface area contributed by atoms with E-state index in [1.54, 1.807) is 36.6 Å². The van der Waals surface area contributed by atoms with E-state index in [1.165, 1.54) is 15.9 Å². The second-order valence-corrected chi connectivity index (χ2v) is 9.65. The number of benzene rings is 1. The second-order valence-electron chi connectivity index (χ2n) is 7.18. The summed E-state index contributed by atoms with van der Waals surface area (Å²) in [5, 5.41) is 11.6. The van der Waals surface area contributed by atoms with Crippen LogP contribution >= 0.6 is 27.3 Å². The van der Waals surface area contributed by atoms with Crippen LogP contribution in [0.25, 0.3) is 16.7 Å². The molecule has 0 aliphatic carbocycles. The van der Waals surface area contributed by atoms with Gasteiger partial charge in [-0.25, -0.2) is 4.79 Å². The first-order valence-electron chi connectivity index (χ1n) is 9.03. The zero-order valence-corrected chi connectivity index (χ0v) is 18.3. The molecule has 0 bridgehead atoms. The summed E-state index contributed by atoms with van der Waals surface area (Å²) < 4.78 is 3.97. The van der Waals surface area contributed by atoms with Crippen LogP contribution in [0.15, 0.2) is 45.0 Å². The van der Waals surface area contributed by atoms with E-state index in [9.17, 15) is 14.4 Å². The lowest BCUT2D eigenvalue weighted by atomic mass is 10.0. The number of hydrogen-bond acceptors (Lipinski definition) is 6. The zero-order chi connectivity index (χ0) is 21.2. The quantitative estimate of drug-likeness (QED) is 0.448. The van der Waals surface area contributed by atoms with Crippen LogP contribution in [-0.2, 0) is 23.9 Å². The fourth-order valence-electron chi connectivity index (χ4n) is 3.73. The Balaban J connectivity index is 1.61. The minimum atomic E-state index is -1.15. The standard InChI is InChI=1S/C19H15BrN6O3S/c1-19(12-7-8-13(20)30-12)16(28)25(18(29)21-19)9-14-22-23-17-24(2)15(27)10-5-3-4-6-11(10)26(14)17/h3-8H,9H2,1-2H3,(H,21,29). The largest absolute Gasteiger partial charge is 0.325 e. The van der Waals surface area contributed by atoms with Crippen molar-refractivity contribution >= 4 is 55.9 Å². The first kappa shape index (κ1) is 18.9. The molecule has 0 radical (unpaired) electrons. The lowest BCUT2D eigenvalue weighted by molar-refractivity contribution is -0.131. The average Bonchev–Trinajstić information content (AvgIpc) is 3.41. The number of fused-ring (bicyclic) bond motifs is 3. The predicted octanol–water partition coefficient (Wildman–Crippen LogP) is 2.37. The van der Waals surface area contributed by atoms with Gasteiger partial charge < -0.3 is 5.32 Å². The number of urea groups is 1. The van der Waals surface area contributed by atoms with E-state index in [0.717, 1.165) is 13.6 Å². The van der Waals surface area contributed by atoms with Crippen LogP contribution in [0, 0.1) is 0 Å². The van der Waals surface area contributed by atoms with E-state index in [0.29, 0.717) is 22.5 Å². The number of amides is 3. The van der Waals surface area contributed by atoms with Crippen molar-refractivity contribution in [3.63, 3.8) is 0 Å². The highest BCUT2D eigenvalue weighted by Gasteiger charge is 2.50. The van der Waals surface area contributed by atoms with Crippen LogP contribution in [0.5, 0.6) is 0 Å². The minimum Gasteiger partial charge on any atom is -0.319 e. The van der Waals surface area contributed by atoms with Crippen LogP contribution in [0.2, 0.25) is 0 Å². The van der Waals surface area contributed by atoms with Gasteiger partial charge in [-0.05, 0) is 47.1 Å². The Morgan fingerprint density at radius 2 is 1.90 bits per heavy atom. The number of imide groups is 1. The molecular weight excluding hydrogens is 472 g/mol. The van der Waals surface area contributed by atoms with Gasteiger partial charge in [-0.1, -0.05) is 12.1 Å². The maximum Gasteiger partial charge on any atom is 0.325 e. The summed E-state index contributed by atoms with van der Waals surface area (Å²) in [6, 6.07) is 10.2. The van der Waals surface area contributed by atoms with Crippen molar-refractivity contribution in [1.82, 2.24) is 29.4 Å². The maximum atomic E-state index is 13.2. The molecule has 1 unspecified atom stereocenters. The third-order valence-electron chi connectivity index (χ3n) is 5.33. The Kier molecular flexibility index (Phi) is 4.09. The normalized spacial score (nSPS) is 19.2. The number of carbonyl (C=O) groups is 2. The Morgan fingerprint density at radius 1 is 1.13 bits per heavy atom. The molecule has 1 aliphatic heterocycles. The smallest absolute Gasteiger partial charge is 0.319 e. The van der Waals surface area contributed by atoms with Gasteiger partial charge in [0, 0.05) is 11.9 Å². The van der Waals surface area contributed by atoms with Gasteiger partial charge in [0.15, 0.2) is 11.4 Å². The number of thiophene rings is 1. The number of carbonyl (C=O) groups excluding carboxylic acids is 2. The van der Waals surface area contributed by atoms with Gasteiger partial charge in [-0.15, -0.1) is 21.5 Å². The highest BCUT2D eigenvalue weighted by molar-refractivity contribution is 9.11. The van der Waals surface area contributed by atoms with Gasteiger partial charge in [0.2, 0.25) is 5.78 Å². The number of para-hydroxylation sites is 1. The first-order chi connectivity index (χ1) is 14.3. The second kappa shape index (κ2) is 6.47. The van der Waals surface area contributed by atoms with E-state index in [-0.39, 0.29) is 18.0 Å². The molecule has 1 N–H and O–H groups in total. The number of rotatable bonds is 3. The third-order valence-corrected chi connectivity index (χ3v) is 7.18. The number of aryl methyl sites for hydroxylation is 1. The predicted molar refractivity (Wildman–Crippen MR) is 114 cm³/mol. The van der Waals surface area contributed by atoms with Gasteiger partial charge in [-0.3, -0.25) is 23.5 Å². The lowest BCUT2D eigenvalue weighted by Crippen LogP contribution is -2.40. The molecule has 1 saturated heterocycles. The molecule has 3 aromatic heterocycles. The first-order valence-corrected chi connectivity index (χ1v) is 10.6. The molecule has 4 heterocycles. The van der Waals surface area contributed by atoms with Crippen LogP contribution in [0.3, 0.4) is 0 Å². The van der Waals surface area contributed by atoms with Crippen molar-refractivity contribution in [2.75, 3.05) is 0 Å². The maximum absolute atomic E-state index is 13.2. The summed E-state index contributed by atoms with van der Waals surface area (Å²) in [7, 11) is 1.61. The number of hydrogen-bond donors (Lipinski definition) is 1. The molecule has 0 spiro atoms. The van der Waals surface area contributed by atoms with Gasteiger partial charge in [0.05, 0.1) is 21.2 Å². The summed E-state index contributed by atoms with van der Waals surface area (Å²) in [4.78, 5) is 40.4. The summed E-state index contributed by atoms with van der Waals surface area (Å²) >= 11 is 4.79. The molecule has 1 atom stereocenters. The molecule has 4 aromatic rings. The average molecular weight is 487 g/mol. The Labute approximate surface area is 182 Å². The van der Waals surface area contributed by atoms with E-state index in [2.05, 4.69) is 31.4 Å². The molecule has 1 fully saturated rings. The highest BCUT2D eigenvalue weighted by Crippen LogP contribution is 2.36. The Bertz CT molecular complexity index is 1420. The fraction of sp³-hybridized carbons (Fsp3) is 0.211. The number of nitrogens with zero attached hydrogens (tertiary/aromatic N) is 5. The van der Waals surface area contributed by atoms with Gasteiger partial charge in [-0.2, -0.15) is 0 Å². The van der Waals surface area contributed by atoms with E-state index < -0.39 is 11.6 Å². The number of aromatic nitrogens is 4. The third kappa shape index (κ3) is 2.55. The SMILES string of the molecule is Cn1c(=O)c2ccccc2n2c(CN3C(=O)NC(C)(c4ccc(Br)s4)C3=O)nnc12. The highest BCUT2D eigenvalue weighted by atomic mass is 79.9. The molecule has 9 nitrogen and oxygen atoms in total. The van der Waals surface area contributed by atoms with Crippen molar-refractivity contribution < 1.29 is 9.59 Å². The molecule has 1 aromatic carbocycles. The molecule has 0 saturated carbocycles. The van der Waals surface area contributed by atoms with Crippen molar-refractivity contribution in [2.45, 2.75) is 19.0 Å². The minimum absolute atomic E-state index is 0.0732. The fourth-order valence-corrected chi connectivity index (χ4v) is 5.21. The number of halogens is 1. The molecule has 1 aliphatic rings. The molecule has 152 valence electrons. The Morgan fingerprint density at radius 3 is 2.63 bits per heavy atom. The van der Waals surface area contributed by atoms with Gasteiger partial charge >= 0.3 is 6.03 Å². The zero-order valence-electron chi connectivity index (χ0n) is 15.9. The molecular formula is C19H15BrN6O3S. The number of nitrogens with one attached hydrogen (secondary N) is 1. The molecule has 11 heteroatoms. The molecule has 30 heavy (non-hydrogen) atoms. The summed E-state index contributed by atoms with van der Waals surface area (Å²) in [6.07, 6.45) is 0. The van der Waals surface area contributed by atoms with Crippen LogP contribution < -0.4 is 10.9 Å². The lowest BCUT2D eigenvalue weighted by Gasteiger charge is -2.20. The summed E-state index contributed by atoms with van der Waals surface area (Å²) in [5.74, 6) is 0.357. The summed E-state index contributed by atoms with van der Waals surface area (Å²) in [5.41, 5.74) is -0.723. The molecule has 5 rings (SSSR count). The van der Waals surface area contributed by atoms with Crippen LogP contribution in [-0.4, -0.2) is 36.0 Å². The molecule has 3 amide bonds. The van der Waals surface area contributed by atoms with E-state index in [4.69, 9.17) is 0 Å². The Hall–Kier alpha value is -3.05. The van der Waals surface area contributed by atoms with Crippen LogP contribution in [0.4, 0.5) is 4.79 Å².